The fourth-order valence-corrected chi connectivity index (χ4v) is 3.11. The van der Waals surface area contributed by atoms with Crippen LogP contribution in [0.2, 0.25) is 0 Å². The molecule has 0 saturated heterocycles. The average Bonchev–Trinajstić information content (AvgIpc) is 2.45. The maximum absolute atomic E-state index is 3.65. The normalized spacial score (nSPS) is 14.5. The molecule has 0 aliphatic carbocycles. The molecule has 2 aromatic rings. The molecule has 0 aliphatic heterocycles. The van der Waals surface area contributed by atoms with Gasteiger partial charge in [0.25, 0.3) is 0 Å². The Balaban J connectivity index is 2.56. The monoisotopic (exact) mass is 319 g/mol. The smallest absolute Gasteiger partial charge is 0.0351 e. The van der Waals surface area contributed by atoms with Crippen molar-refractivity contribution < 1.29 is 0 Å². The van der Waals surface area contributed by atoms with Crippen LogP contribution in [0.3, 0.4) is 0 Å². The van der Waals surface area contributed by atoms with Gasteiger partial charge in [0, 0.05) is 10.5 Å². The Morgan fingerprint density at radius 3 is 2.37 bits per heavy atom. The van der Waals surface area contributed by atoms with Crippen molar-refractivity contribution in [1.82, 2.24) is 5.32 Å². The molecule has 0 heterocycles. The van der Waals surface area contributed by atoms with Crippen LogP contribution in [-0.4, -0.2) is 6.54 Å². The topological polar surface area (TPSA) is 12.0 Å². The first-order valence-electron chi connectivity index (χ1n) is 7.09. The summed E-state index contributed by atoms with van der Waals surface area (Å²) in [5, 5.41) is 6.29. The van der Waals surface area contributed by atoms with E-state index in [1.165, 1.54) is 27.2 Å². The molecule has 102 valence electrons. The van der Waals surface area contributed by atoms with Crippen molar-refractivity contribution in [2.24, 2.45) is 5.92 Å². The van der Waals surface area contributed by atoms with Gasteiger partial charge >= 0.3 is 0 Å². The fraction of sp³-hybridized carbons (Fsp3) is 0.412. The van der Waals surface area contributed by atoms with E-state index in [2.05, 4.69) is 78.4 Å². The first-order chi connectivity index (χ1) is 9.19. The highest BCUT2D eigenvalue weighted by Gasteiger charge is 2.19. The van der Waals surface area contributed by atoms with Gasteiger partial charge in [0.1, 0.15) is 0 Å². The van der Waals surface area contributed by atoms with Crippen LogP contribution in [0, 0.1) is 5.92 Å². The number of rotatable bonds is 5. The lowest BCUT2D eigenvalue weighted by molar-refractivity contribution is 0.386. The van der Waals surface area contributed by atoms with E-state index in [9.17, 15) is 0 Å². The van der Waals surface area contributed by atoms with Gasteiger partial charge in [0.05, 0.1) is 0 Å². The summed E-state index contributed by atoms with van der Waals surface area (Å²) in [4.78, 5) is 0. The molecule has 2 unspecified atom stereocenters. The summed E-state index contributed by atoms with van der Waals surface area (Å²) in [5.41, 5.74) is 1.41. The van der Waals surface area contributed by atoms with Gasteiger partial charge < -0.3 is 5.32 Å². The molecule has 19 heavy (non-hydrogen) atoms. The van der Waals surface area contributed by atoms with E-state index in [-0.39, 0.29) is 0 Å². The Kier molecular flexibility index (Phi) is 5.00. The Morgan fingerprint density at radius 1 is 1.05 bits per heavy atom. The Bertz CT molecular complexity index is 550. The highest BCUT2D eigenvalue weighted by Crippen LogP contribution is 2.33. The minimum absolute atomic E-state index is 0.424. The largest absolute Gasteiger partial charge is 0.310 e. The summed E-state index contributed by atoms with van der Waals surface area (Å²) < 4.78 is 1.17. The van der Waals surface area contributed by atoms with Gasteiger partial charge in [-0.1, -0.05) is 73.5 Å². The molecule has 2 aromatic carbocycles. The van der Waals surface area contributed by atoms with Crippen LogP contribution < -0.4 is 5.32 Å². The molecule has 2 atom stereocenters. The zero-order chi connectivity index (χ0) is 13.8. The van der Waals surface area contributed by atoms with Crippen LogP contribution in [0.25, 0.3) is 10.8 Å². The number of hydrogen-bond donors (Lipinski definition) is 1. The molecule has 2 rings (SSSR count). The van der Waals surface area contributed by atoms with Crippen LogP contribution in [-0.2, 0) is 0 Å². The van der Waals surface area contributed by atoms with Crippen LogP contribution >= 0.6 is 15.9 Å². The molecule has 0 spiro atoms. The Labute approximate surface area is 124 Å². The van der Waals surface area contributed by atoms with Crippen LogP contribution in [0.15, 0.2) is 40.9 Å². The summed E-state index contributed by atoms with van der Waals surface area (Å²) in [6.07, 6.45) is 1.18. The van der Waals surface area contributed by atoms with Gasteiger partial charge in [0.2, 0.25) is 0 Å². The zero-order valence-corrected chi connectivity index (χ0v) is 13.5. The molecule has 1 nitrogen and oxygen atoms in total. The summed E-state index contributed by atoms with van der Waals surface area (Å²) in [6.45, 7) is 7.76. The van der Waals surface area contributed by atoms with Gasteiger partial charge in [-0.15, -0.1) is 0 Å². The molecule has 0 radical (unpaired) electrons. The number of halogens is 1. The van der Waals surface area contributed by atoms with E-state index < -0.39 is 0 Å². The molecule has 0 amide bonds. The third-order valence-corrected chi connectivity index (χ3v) is 4.57. The van der Waals surface area contributed by atoms with Gasteiger partial charge in [-0.05, 0) is 34.9 Å². The third kappa shape index (κ3) is 3.01. The summed E-state index contributed by atoms with van der Waals surface area (Å²) in [7, 11) is 0. The van der Waals surface area contributed by atoms with Crippen molar-refractivity contribution in [2.45, 2.75) is 33.2 Å². The molecule has 0 aliphatic rings. The average molecular weight is 320 g/mol. The van der Waals surface area contributed by atoms with Crippen LogP contribution in [0.4, 0.5) is 0 Å². The first-order valence-corrected chi connectivity index (χ1v) is 7.88. The van der Waals surface area contributed by atoms with E-state index in [0.717, 1.165) is 6.54 Å². The summed E-state index contributed by atoms with van der Waals surface area (Å²) >= 11 is 3.65. The van der Waals surface area contributed by atoms with E-state index in [1.807, 2.05) is 0 Å². The van der Waals surface area contributed by atoms with E-state index in [1.54, 1.807) is 0 Å². The lowest BCUT2D eigenvalue weighted by Crippen LogP contribution is -2.26. The molecule has 0 bridgehead atoms. The second kappa shape index (κ2) is 6.53. The van der Waals surface area contributed by atoms with E-state index in [4.69, 9.17) is 0 Å². The maximum atomic E-state index is 3.65. The summed E-state index contributed by atoms with van der Waals surface area (Å²) in [5.74, 6) is 0.629. The first kappa shape index (κ1) is 14.5. The molecule has 0 fully saturated rings. The van der Waals surface area contributed by atoms with Crippen molar-refractivity contribution in [3.63, 3.8) is 0 Å². The third-order valence-electron chi connectivity index (χ3n) is 3.88. The zero-order valence-electron chi connectivity index (χ0n) is 11.9. The minimum atomic E-state index is 0.424. The Hall–Kier alpha value is -0.860. The lowest BCUT2D eigenvalue weighted by Gasteiger charge is -2.26. The van der Waals surface area contributed by atoms with Crippen molar-refractivity contribution in [1.29, 1.82) is 0 Å². The van der Waals surface area contributed by atoms with Crippen molar-refractivity contribution in [2.75, 3.05) is 6.54 Å². The van der Waals surface area contributed by atoms with Gasteiger partial charge in [0.15, 0.2) is 0 Å². The molecular weight excluding hydrogens is 298 g/mol. The molecular formula is C17H22BrN. The van der Waals surface area contributed by atoms with Crippen molar-refractivity contribution in [3.8, 4) is 0 Å². The van der Waals surface area contributed by atoms with E-state index >= 15 is 0 Å². The van der Waals surface area contributed by atoms with Crippen LogP contribution in [0.1, 0.15) is 38.8 Å². The molecule has 0 aromatic heterocycles. The highest BCUT2D eigenvalue weighted by molar-refractivity contribution is 9.10. The predicted octanol–water partition coefficient (Wildman–Crippen LogP) is 5.30. The predicted molar refractivity (Wildman–Crippen MR) is 87.5 cm³/mol. The molecule has 1 N–H and O–H groups in total. The van der Waals surface area contributed by atoms with Crippen LogP contribution in [0.5, 0.6) is 0 Å². The lowest BCUT2D eigenvalue weighted by atomic mass is 9.89. The number of nitrogens with one attached hydrogen (secondary N) is 1. The number of hydrogen-bond acceptors (Lipinski definition) is 1. The standard InChI is InChI=1S/C17H22BrN/c1-4-12(3)17(19-5-2)15-10-11-16(18)14-9-7-6-8-13(14)15/h6-12,17,19H,4-5H2,1-3H3. The number of fused-ring (bicyclic) bond motifs is 1. The quantitative estimate of drug-likeness (QED) is 0.788. The highest BCUT2D eigenvalue weighted by atomic mass is 79.9. The maximum Gasteiger partial charge on any atom is 0.0351 e. The van der Waals surface area contributed by atoms with Gasteiger partial charge in [-0.25, -0.2) is 0 Å². The molecule has 0 saturated carbocycles. The molecule has 2 heteroatoms. The van der Waals surface area contributed by atoms with Crippen molar-refractivity contribution >= 4 is 26.7 Å². The number of benzene rings is 2. The van der Waals surface area contributed by atoms with Crippen molar-refractivity contribution in [3.05, 3.63) is 46.4 Å². The minimum Gasteiger partial charge on any atom is -0.310 e. The SMILES string of the molecule is CCNC(c1ccc(Br)c2ccccc12)C(C)CC. The summed E-state index contributed by atoms with van der Waals surface area (Å²) in [6, 6.07) is 13.5. The Morgan fingerprint density at radius 2 is 1.74 bits per heavy atom. The fourth-order valence-electron chi connectivity index (χ4n) is 2.63. The van der Waals surface area contributed by atoms with Gasteiger partial charge in [-0.2, -0.15) is 0 Å². The second-order valence-electron chi connectivity index (χ2n) is 5.10. The van der Waals surface area contributed by atoms with Gasteiger partial charge in [-0.3, -0.25) is 0 Å². The second-order valence-corrected chi connectivity index (χ2v) is 5.96. The van der Waals surface area contributed by atoms with E-state index in [0.29, 0.717) is 12.0 Å².